The number of nitrogens with one attached hydrogen (secondary N) is 1. The van der Waals surface area contributed by atoms with Crippen LogP contribution in [0.1, 0.15) is 18.2 Å². The van der Waals surface area contributed by atoms with Crippen molar-refractivity contribution >= 4 is 21.8 Å². The summed E-state index contributed by atoms with van der Waals surface area (Å²) >= 11 is 0. The van der Waals surface area contributed by atoms with Crippen molar-refractivity contribution in [3.05, 3.63) is 45.9 Å². The van der Waals surface area contributed by atoms with Crippen LogP contribution in [0.2, 0.25) is 0 Å². The Kier molecular flexibility index (Phi) is 3.27. The molecule has 3 aromatic rings. The molecule has 0 atom stereocenters. The molecule has 116 valence electrons. The van der Waals surface area contributed by atoms with Gasteiger partial charge in [-0.2, -0.15) is 13.2 Å². The van der Waals surface area contributed by atoms with Crippen LogP contribution in [-0.4, -0.2) is 15.7 Å². The molecule has 0 saturated heterocycles. The molecule has 6 heteroatoms. The second-order valence-corrected chi connectivity index (χ2v) is 5.37. The monoisotopic (exact) mass is 308 g/mol. The van der Waals surface area contributed by atoms with Crippen molar-refractivity contribution in [2.24, 2.45) is 0 Å². The van der Waals surface area contributed by atoms with Crippen LogP contribution < -0.4 is 5.56 Å². The minimum absolute atomic E-state index is 0.227. The first kappa shape index (κ1) is 14.7. The molecule has 0 fully saturated rings. The van der Waals surface area contributed by atoms with E-state index in [1.165, 1.54) is 10.6 Å². The molecule has 0 spiro atoms. The van der Waals surface area contributed by atoms with Crippen LogP contribution in [0.15, 0.2) is 29.1 Å². The minimum Gasteiger partial charge on any atom is -0.335 e. The van der Waals surface area contributed by atoms with Crippen LogP contribution in [0.25, 0.3) is 21.8 Å². The number of alkyl halides is 3. The van der Waals surface area contributed by atoms with Gasteiger partial charge in [0.2, 0.25) is 5.56 Å². The smallest absolute Gasteiger partial charge is 0.335 e. The zero-order valence-electron chi connectivity index (χ0n) is 12.2. The maximum absolute atomic E-state index is 12.9. The van der Waals surface area contributed by atoms with Crippen molar-refractivity contribution in [2.75, 3.05) is 0 Å². The fraction of sp³-hybridized carbons (Fsp3) is 0.312. The van der Waals surface area contributed by atoms with Gasteiger partial charge in [0.15, 0.2) is 0 Å². The summed E-state index contributed by atoms with van der Waals surface area (Å²) in [6, 6.07) is 6.37. The van der Waals surface area contributed by atoms with Gasteiger partial charge in [0.1, 0.15) is 6.54 Å². The van der Waals surface area contributed by atoms with Gasteiger partial charge in [-0.1, -0.05) is 6.92 Å². The van der Waals surface area contributed by atoms with Crippen molar-refractivity contribution in [3.63, 3.8) is 0 Å². The Balaban J connectivity index is 2.42. The lowest BCUT2D eigenvalue weighted by atomic mass is 10.1. The number of hydrogen-bond donors (Lipinski definition) is 1. The third-order valence-corrected chi connectivity index (χ3v) is 3.98. The summed E-state index contributed by atoms with van der Waals surface area (Å²) in [5, 5.41) is 1.54. The van der Waals surface area contributed by atoms with E-state index < -0.39 is 12.7 Å². The molecule has 3 rings (SSSR count). The molecule has 0 aliphatic rings. The Hall–Kier alpha value is -2.24. The first-order valence-electron chi connectivity index (χ1n) is 7.02. The minimum atomic E-state index is -4.28. The van der Waals surface area contributed by atoms with E-state index in [9.17, 15) is 18.0 Å². The molecular formula is C16H15F3N2O. The molecule has 2 heterocycles. The highest BCUT2D eigenvalue weighted by atomic mass is 19.4. The van der Waals surface area contributed by atoms with E-state index >= 15 is 0 Å². The van der Waals surface area contributed by atoms with Crippen molar-refractivity contribution in [3.8, 4) is 0 Å². The lowest BCUT2D eigenvalue weighted by Crippen LogP contribution is -2.19. The normalized spacial score (nSPS) is 12.4. The van der Waals surface area contributed by atoms with Gasteiger partial charge in [0.25, 0.3) is 0 Å². The summed E-state index contributed by atoms with van der Waals surface area (Å²) in [5.74, 6) is 0. The highest BCUT2D eigenvalue weighted by molar-refractivity contribution is 6.07. The average Bonchev–Trinajstić information content (AvgIpc) is 2.69. The van der Waals surface area contributed by atoms with Gasteiger partial charge in [-0.15, -0.1) is 0 Å². The molecule has 0 amide bonds. The Bertz CT molecular complexity index is 919. The van der Waals surface area contributed by atoms with Crippen LogP contribution in [0.5, 0.6) is 0 Å². The van der Waals surface area contributed by atoms with E-state index in [0.717, 1.165) is 16.3 Å². The lowest BCUT2D eigenvalue weighted by molar-refractivity contribution is -0.140. The molecule has 0 bridgehead atoms. The molecule has 0 saturated carbocycles. The van der Waals surface area contributed by atoms with Crippen molar-refractivity contribution in [1.82, 2.24) is 9.55 Å². The van der Waals surface area contributed by atoms with Crippen LogP contribution in [0.3, 0.4) is 0 Å². The third-order valence-electron chi connectivity index (χ3n) is 3.98. The number of pyridine rings is 1. The Morgan fingerprint density at radius 1 is 1.18 bits per heavy atom. The van der Waals surface area contributed by atoms with Crippen LogP contribution in [0.4, 0.5) is 13.2 Å². The fourth-order valence-electron chi connectivity index (χ4n) is 3.15. The van der Waals surface area contributed by atoms with Gasteiger partial charge in [0.05, 0.1) is 0 Å². The number of benzene rings is 1. The Morgan fingerprint density at radius 3 is 2.55 bits per heavy atom. The molecular weight excluding hydrogens is 293 g/mol. The zero-order valence-corrected chi connectivity index (χ0v) is 12.2. The quantitative estimate of drug-likeness (QED) is 0.765. The number of fused-ring (bicyclic) bond motifs is 3. The van der Waals surface area contributed by atoms with E-state index in [-0.39, 0.29) is 5.56 Å². The number of H-pyrrole nitrogens is 1. The standard InChI is InChI=1S/C16H15F3N2O/c1-3-12-9(2)15-10-4-7-14(22)20-11(10)5-6-13(15)21(12)8-16(17,18)19/h4-7H,3,8H2,1-2H3,(H,20,22). The van der Waals surface area contributed by atoms with Crippen LogP contribution in [-0.2, 0) is 13.0 Å². The number of rotatable bonds is 2. The van der Waals surface area contributed by atoms with Gasteiger partial charge in [-0.25, -0.2) is 0 Å². The highest BCUT2D eigenvalue weighted by Crippen LogP contribution is 2.33. The summed E-state index contributed by atoms with van der Waals surface area (Å²) in [4.78, 5) is 14.1. The second kappa shape index (κ2) is 4.90. The molecule has 1 aromatic carbocycles. The summed E-state index contributed by atoms with van der Waals surface area (Å²) in [7, 11) is 0. The molecule has 2 aromatic heterocycles. The third kappa shape index (κ3) is 2.28. The van der Waals surface area contributed by atoms with Crippen molar-refractivity contribution in [2.45, 2.75) is 33.0 Å². The highest BCUT2D eigenvalue weighted by Gasteiger charge is 2.30. The maximum atomic E-state index is 12.9. The first-order valence-corrected chi connectivity index (χ1v) is 7.02. The number of aryl methyl sites for hydroxylation is 1. The zero-order chi connectivity index (χ0) is 16.1. The largest absolute Gasteiger partial charge is 0.406 e. The van der Waals surface area contributed by atoms with Crippen molar-refractivity contribution < 1.29 is 13.2 Å². The lowest BCUT2D eigenvalue weighted by Gasteiger charge is -2.13. The molecule has 3 nitrogen and oxygen atoms in total. The van der Waals surface area contributed by atoms with E-state index in [1.807, 2.05) is 13.8 Å². The van der Waals surface area contributed by atoms with Gasteiger partial charge >= 0.3 is 6.18 Å². The topological polar surface area (TPSA) is 37.8 Å². The number of hydrogen-bond acceptors (Lipinski definition) is 1. The van der Waals surface area contributed by atoms with Gasteiger partial charge in [-0.05, 0) is 37.1 Å². The summed E-state index contributed by atoms with van der Waals surface area (Å²) < 4.78 is 40.0. The Morgan fingerprint density at radius 2 is 1.91 bits per heavy atom. The molecule has 0 unspecified atom stereocenters. The summed E-state index contributed by atoms with van der Waals surface area (Å²) in [6.45, 7) is 2.67. The van der Waals surface area contributed by atoms with Crippen LogP contribution in [0, 0.1) is 6.92 Å². The number of nitrogens with zero attached hydrogens (tertiary/aromatic N) is 1. The van der Waals surface area contributed by atoms with E-state index in [0.29, 0.717) is 23.1 Å². The molecule has 0 aliphatic heterocycles. The number of halogens is 3. The molecule has 1 N–H and O–H groups in total. The van der Waals surface area contributed by atoms with E-state index in [4.69, 9.17) is 0 Å². The number of aromatic amines is 1. The first-order chi connectivity index (χ1) is 10.3. The van der Waals surface area contributed by atoms with E-state index in [1.54, 1.807) is 18.2 Å². The second-order valence-electron chi connectivity index (χ2n) is 5.37. The molecule has 0 aliphatic carbocycles. The molecule has 0 radical (unpaired) electrons. The van der Waals surface area contributed by atoms with Crippen molar-refractivity contribution in [1.29, 1.82) is 0 Å². The van der Waals surface area contributed by atoms with E-state index in [2.05, 4.69) is 4.98 Å². The van der Waals surface area contributed by atoms with Crippen LogP contribution >= 0.6 is 0 Å². The fourth-order valence-corrected chi connectivity index (χ4v) is 3.15. The number of aromatic nitrogens is 2. The predicted octanol–water partition coefficient (Wildman–Crippen LogP) is 3.92. The van der Waals surface area contributed by atoms with Gasteiger partial charge < -0.3 is 9.55 Å². The molecule has 22 heavy (non-hydrogen) atoms. The van der Waals surface area contributed by atoms with Gasteiger partial charge in [-0.3, -0.25) is 4.79 Å². The maximum Gasteiger partial charge on any atom is 0.406 e. The average molecular weight is 308 g/mol. The predicted molar refractivity (Wildman–Crippen MR) is 80.2 cm³/mol. The Labute approximate surface area is 124 Å². The summed E-state index contributed by atoms with van der Waals surface area (Å²) in [5.41, 5.74) is 2.46. The SMILES string of the molecule is CCc1c(C)c2c3ccc(=O)[nH]c3ccc2n1CC(F)(F)F. The van der Waals surface area contributed by atoms with Gasteiger partial charge in [0, 0.05) is 33.6 Å². The summed E-state index contributed by atoms with van der Waals surface area (Å²) in [6.07, 6.45) is -3.76.